The van der Waals surface area contributed by atoms with Crippen LogP contribution < -0.4 is 5.56 Å². The second-order valence-electron chi connectivity index (χ2n) is 9.40. The quantitative estimate of drug-likeness (QED) is 0.321. The number of rotatable bonds is 5. The average Bonchev–Trinajstić information content (AvgIpc) is 3.16. The smallest absolute Gasteiger partial charge is 0.266 e. The SMILES string of the molecule is O=C1c2ccccc2C(=O)N1Cc1nc2c(Br)cc(Br)cc2c(=O)n1-c1ccc(O)c(CN2CCOCC2)c1. The predicted octanol–water partition coefficient (Wildman–Crippen LogP) is 4.24. The number of carbonyl (C=O) groups is 2. The van der Waals surface area contributed by atoms with Gasteiger partial charge in [0.1, 0.15) is 11.6 Å². The summed E-state index contributed by atoms with van der Waals surface area (Å²) in [6, 6.07) is 15.0. The molecule has 1 saturated heterocycles. The summed E-state index contributed by atoms with van der Waals surface area (Å²) >= 11 is 6.94. The van der Waals surface area contributed by atoms with Crippen LogP contribution in [-0.2, 0) is 17.8 Å². The second kappa shape index (κ2) is 10.3. The number of nitrogens with zero attached hydrogens (tertiary/aromatic N) is 4. The van der Waals surface area contributed by atoms with E-state index in [4.69, 9.17) is 9.72 Å². The number of benzene rings is 3. The molecule has 11 heteroatoms. The van der Waals surface area contributed by atoms with E-state index in [9.17, 15) is 19.5 Å². The lowest BCUT2D eigenvalue weighted by Crippen LogP contribution is -2.35. The van der Waals surface area contributed by atoms with Crippen LogP contribution in [0.3, 0.4) is 0 Å². The fourth-order valence-corrected chi connectivity index (χ4v) is 6.31. The molecule has 6 rings (SSSR count). The zero-order chi connectivity index (χ0) is 27.3. The number of halogens is 2. The Hall–Kier alpha value is -3.38. The molecular formula is C28H22Br2N4O5. The van der Waals surface area contributed by atoms with Gasteiger partial charge in [0.25, 0.3) is 17.4 Å². The van der Waals surface area contributed by atoms with Crippen molar-refractivity contribution < 1.29 is 19.4 Å². The first-order valence-electron chi connectivity index (χ1n) is 12.3. The first-order valence-corrected chi connectivity index (χ1v) is 13.9. The Kier molecular flexibility index (Phi) is 6.84. The van der Waals surface area contributed by atoms with Crippen molar-refractivity contribution in [3.8, 4) is 11.4 Å². The molecule has 0 saturated carbocycles. The van der Waals surface area contributed by atoms with Crippen LogP contribution in [-0.4, -0.2) is 62.6 Å². The number of aromatic nitrogens is 2. The lowest BCUT2D eigenvalue weighted by molar-refractivity contribution is 0.0339. The average molecular weight is 654 g/mol. The normalized spacial score (nSPS) is 15.8. The van der Waals surface area contributed by atoms with Gasteiger partial charge in [-0.2, -0.15) is 0 Å². The van der Waals surface area contributed by atoms with Crippen molar-refractivity contribution in [2.45, 2.75) is 13.1 Å². The van der Waals surface area contributed by atoms with Gasteiger partial charge in [-0.15, -0.1) is 0 Å². The highest BCUT2D eigenvalue weighted by atomic mass is 79.9. The van der Waals surface area contributed by atoms with Gasteiger partial charge in [0.05, 0.1) is 47.5 Å². The molecule has 4 aromatic rings. The summed E-state index contributed by atoms with van der Waals surface area (Å²) < 4.78 is 8.13. The number of hydrogen-bond donors (Lipinski definition) is 1. The number of phenols is 1. The van der Waals surface area contributed by atoms with Crippen LogP contribution in [0.1, 0.15) is 32.1 Å². The minimum Gasteiger partial charge on any atom is -0.508 e. The molecule has 2 aliphatic rings. The summed E-state index contributed by atoms with van der Waals surface area (Å²) in [6.07, 6.45) is 0. The van der Waals surface area contributed by atoms with Crippen LogP contribution in [0.4, 0.5) is 0 Å². The Labute approximate surface area is 239 Å². The van der Waals surface area contributed by atoms with E-state index in [2.05, 4.69) is 36.8 Å². The summed E-state index contributed by atoms with van der Waals surface area (Å²) in [5.41, 5.74) is 1.80. The van der Waals surface area contributed by atoms with Crippen molar-refractivity contribution in [3.63, 3.8) is 0 Å². The molecule has 3 aromatic carbocycles. The summed E-state index contributed by atoms with van der Waals surface area (Å²) in [5.74, 6) is -0.553. The molecule has 0 aliphatic carbocycles. The molecule has 198 valence electrons. The zero-order valence-corrected chi connectivity index (χ0v) is 23.7. The van der Waals surface area contributed by atoms with E-state index in [0.29, 0.717) is 62.0 Å². The number of aromatic hydroxyl groups is 1. The number of fused-ring (bicyclic) bond motifs is 2. The van der Waals surface area contributed by atoms with Crippen molar-refractivity contribution in [2.24, 2.45) is 0 Å². The minimum atomic E-state index is -0.440. The number of phenolic OH excluding ortho intramolecular Hbond substituents is 1. The van der Waals surface area contributed by atoms with E-state index < -0.39 is 11.8 Å². The van der Waals surface area contributed by atoms with Crippen molar-refractivity contribution in [1.82, 2.24) is 19.4 Å². The van der Waals surface area contributed by atoms with Crippen molar-refractivity contribution in [1.29, 1.82) is 0 Å². The molecule has 9 nitrogen and oxygen atoms in total. The molecule has 0 atom stereocenters. The number of ether oxygens (including phenoxy) is 1. The monoisotopic (exact) mass is 652 g/mol. The van der Waals surface area contributed by atoms with Gasteiger partial charge in [-0.1, -0.05) is 28.1 Å². The van der Waals surface area contributed by atoms with Gasteiger partial charge >= 0.3 is 0 Å². The maximum absolute atomic E-state index is 14.0. The Morgan fingerprint density at radius 3 is 2.28 bits per heavy atom. The highest BCUT2D eigenvalue weighted by Gasteiger charge is 2.36. The molecule has 1 aromatic heterocycles. The molecule has 0 unspecified atom stereocenters. The first-order chi connectivity index (χ1) is 18.8. The van der Waals surface area contributed by atoms with Crippen molar-refractivity contribution in [3.05, 3.63) is 96.4 Å². The number of amides is 2. The molecule has 2 aliphatic heterocycles. The van der Waals surface area contributed by atoms with Gasteiger partial charge in [0.15, 0.2) is 0 Å². The molecule has 1 N–H and O–H groups in total. The van der Waals surface area contributed by atoms with E-state index in [1.54, 1.807) is 54.6 Å². The van der Waals surface area contributed by atoms with Gasteiger partial charge in [-0.05, 0) is 58.4 Å². The van der Waals surface area contributed by atoms with Crippen molar-refractivity contribution in [2.75, 3.05) is 26.3 Å². The molecular weight excluding hydrogens is 632 g/mol. The van der Waals surface area contributed by atoms with Gasteiger partial charge in [0.2, 0.25) is 0 Å². The van der Waals surface area contributed by atoms with Gasteiger partial charge in [-0.3, -0.25) is 28.8 Å². The van der Waals surface area contributed by atoms with Gasteiger partial charge < -0.3 is 9.84 Å². The number of imide groups is 1. The van der Waals surface area contributed by atoms with Gasteiger partial charge in [0, 0.05) is 34.1 Å². The third-order valence-corrected chi connectivity index (χ3v) is 8.02. The van der Waals surface area contributed by atoms with Crippen LogP contribution >= 0.6 is 31.9 Å². The Morgan fingerprint density at radius 1 is 0.897 bits per heavy atom. The highest BCUT2D eigenvalue weighted by Crippen LogP contribution is 2.30. The third-order valence-electron chi connectivity index (χ3n) is 6.96. The number of morpholine rings is 1. The minimum absolute atomic E-state index is 0.111. The van der Waals surface area contributed by atoms with E-state index >= 15 is 0 Å². The van der Waals surface area contributed by atoms with Crippen molar-refractivity contribution >= 4 is 54.6 Å². The topological polar surface area (TPSA) is 105 Å². The maximum atomic E-state index is 14.0. The standard InChI is InChI=1S/C28H22Br2N4O5/c29-17-12-21-25(22(30)13-17)31-24(15-33-26(36)19-3-1-2-4-20(19)27(33)37)34(28(21)38)18-5-6-23(35)16(11-18)14-32-7-9-39-10-8-32/h1-6,11-13,35H,7-10,14-15H2. The highest BCUT2D eigenvalue weighted by molar-refractivity contribution is 9.11. The fraction of sp³-hybridized carbons (Fsp3) is 0.214. The number of carbonyl (C=O) groups excluding carboxylic acids is 2. The van der Waals surface area contributed by atoms with Crippen LogP contribution in [0.25, 0.3) is 16.6 Å². The fourth-order valence-electron chi connectivity index (χ4n) is 4.99. The van der Waals surface area contributed by atoms with Crippen LogP contribution in [0.5, 0.6) is 5.75 Å². The summed E-state index contributed by atoms with van der Waals surface area (Å²) in [5, 5.41) is 11.0. The Balaban J connectivity index is 1.49. The van der Waals surface area contributed by atoms with Gasteiger partial charge in [-0.25, -0.2) is 4.98 Å². The largest absolute Gasteiger partial charge is 0.508 e. The van der Waals surface area contributed by atoms with E-state index in [1.807, 2.05) is 0 Å². The lowest BCUT2D eigenvalue weighted by atomic mass is 10.1. The summed E-state index contributed by atoms with van der Waals surface area (Å²) in [6.45, 7) is 2.96. The second-order valence-corrected chi connectivity index (χ2v) is 11.2. The molecule has 1 fully saturated rings. The Morgan fingerprint density at radius 2 is 1.59 bits per heavy atom. The molecule has 2 amide bonds. The molecule has 0 radical (unpaired) electrons. The first kappa shape index (κ1) is 25.9. The lowest BCUT2D eigenvalue weighted by Gasteiger charge is -2.27. The number of hydrogen-bond acceptors (Lipinski definition) is 7. The summed E-state index contributed by atoms with van der Waals surface area (Å²) in [7, 11) is 0. The van der Waals surface area contributed by atoms with Crippen LogP contribution in [0, 0.1) is 0 Å². The van der Waals surface area contributed by atoms with E-state index in [0.717, 1.165) is 18.0 Å². The van der Waals surface area contributed by atoms with E-state index in [1.165, 1.54) is 4.57 Å². The maximum Gasteiger partial charge on any atom is 0.266 e. The zero-order valence-electron chi connectivity index (χ0n) is 20.6. The predicted molar refractivity (Wildman–Crippen MR) is 151 cm³/mol. The molecule has 3 heterocycles. The van der Waals surface area contributed by atoms with Crippen LogP contribution in [0.15, 0.2) is 68.3 Å². The molecule has 39 heavy (non-hydrogen) atoms. The third kappa shape index (κ3) is 4.69. The summed E-state index contributed by atoms with van der Waals surface area (Å²) in [4.78, 5) is 48.4. The van der Waals surface area contributed by atoms with Crippen LogP contribution in [0.2, 0.25) is 0 Å². The van der Waals surface area contributed by atoms with E-state index in [-0.39, 0.29) is 23.7 Å². The molecule has 0 spiro atoms. The molecule has 0 bridgehead atoms. The Bertz CT molecular complexity index is 1680.